The molecule has 0 aromatic carbocycles. The van der Waals surface area contributed by atoms with Gasteiger partial charge in [-0.15, -0.1) is 5.10 Å². The zero-order valence-corrected chi connectivity index (χ0v) is 8.60. The van der Waals surface area contributed by atoms with Crippen molar-refractivity contribution < 1.29 is 4.79 Å². The van der Waals surface area contributed by atoms with Crippen molar-refractivity contribution in [2.75, 3.05) is 0 Å². The predicted molar refractivity (Wildman–Crippen MR) is 56.3 cm³/mol. The van der Waals surface area contributed by atoms with Gasteiger partial charge in [0, 0.05) is 18.2 Å². The molecule has 4 heteroatoms. The molecule has 1 fully saturated rings. The summed E-state index contributed by atoms with van der Waals surface area (Å²) >= 11 is 0. The fourth-order valence-corrected chi connectivity index (χ4v) is 2.02. The van der Waals surface area contributed by atoms with E-state index in [2.05, 4.69) is 10.2 Å². The summed E-state index contributed by atoms with van der Waals surface area (Å²) in [5.41, 5.74) is 6.28. The average Bonchev–Trinajstić information content (AvgIpc) is 2.30. The highest BCUT2D eigenvalue weighted by molar-refractivity contribution is 5.95. The lowest BCUT2D eigenvalue weighted by molar-refractivity contribution is 0.0878. The molecular weight excluding hydrogens is 190 g/mol. The zero-order chi connectivity index (χ0) is 10.7. The van der Waals surface area contributed by atoms with Crippen molar-refractivity contribution in [3.05, 3.63) is 24.0 Å². The van der Waals surface area contributed by atoms with Crippen LogP contribution in [0.15, 0.2) is 18.3 Å². The third-order valence-electron chi connectivity index (χ3n) is 2.97. The van der Waals surface area contributed by atoms with Crippen LogP contribution in [-0.4, -0.2) is 22.0 Å². The Kier molecular flexibility index (Phi) is 3.06. The van der Waals surface area contributed by atoms with Gasteiger partial charge in [-0.1, -0.05) is 0 Å². The van der Waals surface area contributed by atoms with Crippen molar-refractivity contribution in [3.8, 4) is 0 Å². The Morgan fingerprint density at radius 2 is 2.07 bits per heavy atom. The monoisotopic (exact) mass is 205 g/mol. The molecule has 0 unspecified atom stereocenters. The van der Waals surface area contributed by atoms with Crippen molar-refractivity contribution in [3.63, 3.8) is 0 Å². The average molecular weight is 205 g/mol. The molecule has 0 saturated heterocycles. The maximum absolute atomic E-state index is 12.0. The van der Waals surface area contributed by atoms with Gasteiger partial charge in [0.2, 0.25) is 0 Å². The summed E-state index contributed by atoms with van der Waals surface area (Å²) in [6, 6.07) is 3.74. The topological polar surface area (TPSA) is 68.9 Å². The number of hydrogen-bond acceptors (Lipinski definition) is 4. The van der Waals surface area contributed by atoms with E-state index in [1.165, 1.54) is 0 Å². The molecule has 0 radical (unpaired) electrons. The first-order valence-electron chi connectivity index (χ1n) is 5.35. The molecule has 0 bridgehead atoms. The summed E-state index contributed by atoms with van der Waals surface area (Å²) in [5.74, 6) is 0.219. The molecule has 1 aliphatic carbocycles. The lowest BCUT2D eigenvalue weighted by atomic mass is 9.83. The summed E-state index contributed by atoms with van der Waals surface area (Å²) in [4.78, 5) is 12.0. The van der Waals surface area contributed by atoms with Gasteiger partial charge in [-0.3, -0.25) is 4.79 Å². The first kappa shape index (κ1) is 10.2. The van der Waals surface area contributed by atoms with Crippen LogP contribution in [0.25, 0.3) is 0 Å². The maximum atomic E-state index is 12.0. The number of Topliss-reactive ketones (excluding diaryl/α,β-unsaturated/α-hetero) is 1. The fraction of sp³-hybridized carbons (Fsp3) is 0.545. The van der Waals surface area contributed by atoms with Crippen molar-refractivity contribution in [2.45, 2.75) is 31.7 Å². The number of ketones is 1. The first-order valence-corrected chi connectivity index (χ1v) is 5.35. The van der Waals surface area contributed by atoms with E-state index in [1.54, 1.807) is 18.3 Å². The van der Waals surface area contributed by atoms with E-state index in [1.807, 2.05) is 0 Å². The lowest BCUT2D eigenvalue weighted by Crippen LogP contribution is -2.30. The van der Waals surface area contributed by atoms with E-state index in [0.29, 0.717) is 5.69 Å². The second-order valence-corrected chi connectivity index (χ2v) is 4.08. The molecule has 0 amide bonds. The number of carbonyl (C=O) groups excluding carboxylic acids is 1. The number of nitrogens with two attached hydrogens (primary N) is 1. The largest absolute Gasteiger partial charge is 0.328 e. The summed E-state index contributed by atoms with van der Waals surface area (Å²) in [7, 11) is 0. The minimum atomic E-state index is 0.0986. The van der Waals surface area contributed by atoms with Crippen LogP contribution in [-0.2, 0) is 0 Å². The van der Waals surface area contributed by atoms with E-state index >= 15 is 0 Å². The molecule has 1 aromatic rings. The van der Waals surface area contributed by atoms with Crippen LogP contribution in [0.5, 0.6) is 0 Å². The van der Waals surface area contributed by atoms with E-state index < -0.39 is 0 Å². The molecule has 0 aliphatic heterocycles. The highest BCUT2D eigenvalue weighted by Crippen LogP contribution is 2.25. The molecule has 2 rings (SSSR count). The summed E-state index contributed by atoms with van der Waals surface area (Å²) in [6.07, 6.45) is 5.23. The van der Waals surface area contributed by atoms with E-state index in [0.717, 1.165) is 25.7 Å². The van der Waals surface area contributed by atoms with Crippen molar-refractivity contribution in [1.82, 2.24) is 10.2 Å². The molecule has 1 heterocycles. The Balaban J connectivity index is 2.03. The van der Waals surface area contributed by atoms with Gasteiger partial charge in [-0.2, -0.15) is 5.10 Å². The molecule has 80 valence electrons. The van der Waals surface area contributed by atoms with Crippen LogP contribution in [0, 0.1) is 5.92 Å². The number of aromatic nitrogens is 2. The molecule has 15 heavy (non-hydrogen) atoms. The van der Waals surface area contributed by atoms with Gasteiger partial charge in [-0.05, 0) is 37.8 Å². The normalized spacial score (nSPS) is 26.2. The molecule has 4 nitrogen and oxygen atoms in total. The Morgan fingerprint density at radius 3 is 2.67 bits per heavy atom. The van der Waals surface area contributed by atoms with Gasteiger partial charge in [0.15, 0.2) is 5.78 Å². The number of nitrogens with zero attached hydrogens (tertiary/aromatic N) is 2. The molecule has 1 aliphatic rings. The number of rotatable bonds is 2. The predicted octanol–water partition coefficient (Wildman–Crippen LogP) is 1.18. The molecule has 1 aromatic heterocycles. The van der Waals surface area contributed by atoms with Gasteiger partial charge < -0.3 is 5.73 Å². The zero-order valence-electron chi connectivity index (χ0n) is 8.60. The summed E-state index contributed by atoms with van der Waals surface area (Å²) in [6.45, 7) is 0. The van der Waals surface area contributed by atoms with Crippen LogP contribution in [0.2, 0.25) is 0 Å². The molecule has 2 N–H and O–H groups in total. The van der Waals surface area contributed by atoms with Gasteiger partial charge in [0.05, 0.1) is 0 Å². The first-order chi connectivity index (χ1) is 7.27. The number of carbonyl (C=O) groups is 1. The van der Waals surface area contributed by atoms with E-state index in [-0.39, 0.29) is 17.7 Å². The van der Waals surface area contributed by atoms with Crippen molar-refractivity contribution in [2.24, 2.45) is 11.7 Å². The Morgan fingerprint density at radius 1 is 1.33 bits per heavy atom. The Labute approximate surface area is 88.9 Å². The third-order valence-corrected chi connectivity index (χ3v) is 2.97. The van der Waals surface area contributed by atoms with E-state index in [9.17, 15) is 4.79 Å². The van der Waals surface area contributed by atoms with Crippen LogP contribution < -0.4 is 5.73 Å². The third kappa shape index (κ3) is 2.39. The minimum Gasteiger partial charge on any atom is -0.328 e. The SMILES string of the molecule is N[C@H]1CC[C@H](C(=O)c2cccnn2)CC1. The highest BCUT2D eigenvalue weighted by atomic mass is 16.1. The van der Waals surface area contributed by atoms with Gasteiger partial charge in [-0.25, -0.2) is 0 Å². The Bertz CT molecular complexity index is 331. The minimum absolute atomic E-state index is 0.0986. The second-order valence-electron chi connectivity index (χ2n) is 4.08. The van der Waals surface area contributed by atoms with Crippen LogP contribution >= 0.6 is 0 Å². The van der Waals surface area contributed by atoms with Crippen molar-refractivity contribution >= 4 is 5.78 Å². The lowest BCUT2D eigenvalue weighted by Gasteiger charge is -2.24. The summed E-state index contributed by atoms with van der Waals surface area (Å²) < 4.78 is 0. The van der Waals surface area contributed by atoms with Gasteiger partial charge in [0.1, 0.15) is 5.69 Å². The molecule has 0 spiro atoms. The quantitative estimate of drug-likeness (QED) is 0.736. The smallest absolute Gasteiger partial charge is 0.186 e. The molecule has 1 saturated carbocycles. The summed E-state index contributed by atoms with van der Waals surface area (Å²) in [5, 5.41) is 7.56. The van der Waals surface area contributed by atoms with Gasteiger partial charge >= 0.3 is 0 Å². The Hall–Kier alpha value is -1.29. The number of hydrogen-bond donors (Lipinski definition) is 1. The maximum Gasteiger partial charge on any atom is 0.186 e. The molecular formula is C11H15N3O. The van der Waals surface area contributed by atoms with Crippen LogP contribution in [0.1, 0.15) is 36.2 Å². The highest BCUT2D eigenvalue weighted by Gasteiger charge is 2.26. The van der Waals surface area contributed by atoms with Crippen LogP contribution in [0.4, 0.5) is 0 Å². The standard InChI is InChI=1S/C11H15N3O/c12-9-5-3-8(4-6-9)11(15)10-2-1-7-13-14-10/h1-2,7-9H,3-6,12H2/t8-,9-. The van der Waals surface area contributed by atoms with Crippen molar-refractivity contribution in [1.29, 1.82) is 0 Å². The second kappa shape index (κ2) is 4.49. The van der Waals surface area contributed by atoms with Crippen LogP contribution in [0.3, 0.4) is 0 Å². The van der Waals surface area contributed by atoms with Gasteiger partial charge in [0.25, 0.3) is 0 Å². The van der Waals surface area contributed by atoms with E-state index in [4.69, 9.17) is 5.73 Å². The fourth-order valence-electron chi connectivity index (χ4n) is 2.02. The molecule has 0 atom stereocenters.